The van der Waals surface area contributed by atoms with E-state index in [2.05, 4.69) is 10.6 Å². The van der Waals surface area contributed by atoms with Crippen molar-refractivity contribution in [1.82, 2.24) is 5.32 Å². The minimum Gasteiger partial charge on any atom is -0.338 e. The fourth-order valence-electron chi connectivity index (χ4n) is 2.72. The second kappa shape index (κ2) is 7.12. The van der Waals surface area contributed by atoms with Crippen LogP contribution in [-0.4, -0.2) is 25.0 Å². The molecule has 0 bridgehead atoms. The van der Waals surface area contributed by atoms with Crippen molar-refractivity contribution in [1.29, 1.82) is 0 Å². The third-order valence-electron chi connectivity index (χ3n) is 3.93. The van der Waals surface area contributed by atoms with Crippen LogP contribution >= 0.6 is 0 Å². The van der Waals surface area contributed by atoms with Crippen LogP contribution in [0, 0.1) is 11.7 Å². The standard InChI is InChI=1S/C18H18FN3O2/c19-14-6-8-16(9-7-14)22-12-13(10-17(22)23)11-20-18(24)21-15-4-2-1-3-5-15/h1-9,13H,10-12H2,(H2,20,21,24)/t13-/m1/s1. The smallest absolute Gasteiger partial charge is 0.319 e. The summed E-state index contributed by atoms with van der Waals surface area (Å²) < 4.78 is 13.0. The number of halogens is 1. The molecule has 1 atom stereocenters. The molecule has 2 aromatic rings. The number of urea groups is 1. The van der Waals surface area contributed by atoms with Gasteiger partial charge in [-0.1, -0.05) is 18.2 Å². The zero-order valence-corrected chi connectivity index (χ0v) is 13.0. The zero-order chi connectivity index (χ0) is 16.9. The van der Waals surface area contributed by atoms with Gasteiger partial charge in [0.2, 0.25) is 5.91 Å². The Balaban J connectivity index is 1.51. The number of rotatable bonds is 4. The van der Waals surface area contributed by atoms with Crippen LogP contribution in [0.25, 0.3) is 0 Å². The summed E-state index contributed by atoms with van der Waals surface area (Å²) in [5.74, 6) is -0.317. The van der Waals surface area contributed by atoms with Crippen LogP contribution in [0.3, 0.4) is 0 Å². The molecular formula is C18H18FN3O2. The van der Waals surface area contributed by atoms with Gasteiger partial charge in [-0.3, -0.25) is 4.79 Å². The van der Waals surface area contributed by atoms with Crippen molar-refractivity contribution in [3.05, 3.63) is 60.4 Å². The Hall–Kier alpha value is -2.89. The summed E-state index contributed by atoms with van der Waals surface area (Å²) in [5, 5.41) is 5.52. The molecule has 0 spiro atoms. The van der Waals surface area contributed by atoms with Gasteiger partial charge in [0.25, 0.3) is 0 Å². The van der Waals surface area contributed by atoms with E-state index in [1.54, 1.807) is 29.2 Å². The van der Waals surface area contributed by atoms with E-state index >= 15 is 0 Å². The van der Waals surface area contributed by atoms with Crippen molar-refractivity contribution in [3.63, 3.8) is 0 Å². The van der Waals surface area contributed by atoms with Crippen molar-refractivity contribution in [2.45, 2.75) is 6.42 Å². The lowest BCUT2D eigenvalue weighted by Crippen LogP contribution is -2.34. The molecular weight excluding hydrogens is 309 g/mol. The zero-order valence-electron chi connectivity index (χ0n) is 13.0. The number of nitrogens with zero attached hydrogens (tertiary/aromatic N) is 1. The molecule has 3 amide bonds. The van der Waals surface area contributed by atoms with Crippen molar-refractivity contribution < 1.29 is 14.0 Å². The monoisotopic (exact) mass is 327 g/mol. The summed E-state index contributed by atoms with van der Waals surface area (Å²) in [6, 6.07) is 14.7. The Kier molecular flexibility index (Phi) is 4.74. The lowest BCUT2D eigenvalue weighted by molar-refractivity contribution is -0.117. The summed E-state index contributed by atoms with van der Waals surface area (Å²) in [6.45, 7) is 0.915. The number of carbonyl (C=O) groups is 2. The maximum Gasteiger partial charge on any atom is 0.319 e. The minimum absolute atomic E-state index is 0.0168. The molecule has 24 heavy (non-hydrogen) atoms. The van der Waals surface area contributed by atoms with E-state index in [-0.39, 0.29) is 23.7 Å². The Morgan fingerprint density at radius 1 is 1.12 bits per heavy atom. The van der Waals surface area contributed by atoms with Crippen LogP contribution in [0.4, 0.5) is 20.6 Å². The molecule has 1 heterocycles. The van der Waals surface area contributed by atoms with Gasteiger partial charge >= 0.3 is 6.03 Å². The van der Waals surface area contributed by atoms with Gasteiger partial charge in [-0.25, -0.2) is 9.18 Å². The Labute approximate surface area is 139 Å². The molecule has 0 unspecified atom stereocenters. The quantitative estimate of drug-likeness (QED) is 0.907. The van der Waals surface area contributed by atoms with E-state index in [0.717, 1.165) is 0 Å². The number of hydrogen-bond donors (Lipinski definition) is 2. The summed E-state index contributed by atoms with van der Waals surface area (Å²) in [7, 11) is 0. The number of hydrogen-bond acceptors (Lipinski definition) is 2. The van der Waals surface area contributed by atoms with Gasteiger partial charge in [0.05, 0.1) is 0 Å². The third kappa shape index (κ3) is 3.90. The van der Waals surface area contributed by atoms with Crippen molar-refractivity contribution in [2.75, 3.05) is 23.3 Å². The molecule has 5 nitrogen and oxygen atoms in total. The van der Waals surface area contributed by atoms with Crippen molar-refractivity contribution in [2.24, 2.45) is 5.92 Å². The van der Waals surface area contributed by atoms with E-state index in [1.165, 1.54) is 12.1 Å². The van der Waals surface area contributed by atoms with Gasteiger partial charge in [-0.2, -0.15) is 0 Å². The second-order valence-corrected chi connectivity index (χ2v) is 5.75. The molecule has 0 saturated carbocycles. The van der Waals surface area contributed by atoms with Gasteiger partial charge in [0.1, 0.15) is 5.82 Å². The van der Waals surface area contributed by atoms with Crippen LogP contribution in [0.2, 0.25) is 0 Å². The molecule has 1 aliphatic heterocycles. The van der Waals surface area contributed by atoms with Gasteiger partial charge in [0, 0.05) is 36.8 Å². The highest BCUT2D eigenvalue weighted by Gasteiger charge is 2.30. The largest absolute Gasteiger partial charge is 0.338 e. The first-order valence-corrected chi connectivity index (χ1v) is 7.77. The number of nitrogens with one attached hydrogen (secondary N) is 2. The van der Waals surface area contributed by atoms with E-state index in [0.29, 0.717) is 30.9 Å². The molecule has 6 heteroatoms. The summed E-state index contributed by atoms with van der Waals surface area (Å²) in [6.07, 6.45) is 0.364. The molecule has 1 fully saturated rings. The fourth-order valence-corrected chi connectivity index (χ4v) is 2.72. The molecule has 0 aliphatic carbocycles. The molecule has 1 saturated heterocycles. The first kappa shape index (κ1) is 16.0. The highest BCUT2D eigenvalue weighted by atomic mass is 19.1. The third-order valence-corrected chi connectivity index (χ3v) is 3.93. The molecule has 0 radical (unpaired) electrons. The lowest BCUT2D eigenvalue weighted by atomic mass is 10.1. The molecule has 0 aromatic heterocycles. The number of para-hydroxylation sites is 1. The van der Waals surface area contributed by atoms with Gasteiger partial charge in [-0.05, 0) is 36.4 Å². The topological polar surface area (TPSA) is 61.4 Å². The number of benzene rings is 2. The van der Waals surface area contributed by atoms with Crippen LogP contribution in [-0.2, 0) is 4.79 Å². The van der Waals surface area contributed by atoms with Crippen LogP contribution in [0.1, 0.15) is 6.42 Å². The number of anilines is 2. The van der Waals surface area contributed by atoms with Gasteiger partial charge in [0.15, 0.2) is 0 Å². The maximum atomic E-state index is 13.0. The van der Waals surface area contributed by atoms with Crippen LogP contribution < -0.4 is 15.5 Å². The van der Waals surface area contributed by atoms with Gasteiger partial charge in [-0.15, -0.1) is 0 Å². The number of amides is 3. The predicted octanol–water partition coefficient (Wildman–Crippen LogP) is 3.00. The molecule has 1 aliphatic rings. The van der Waals surface area contributed by atoms with Crippen LogP contribution in [0.5, 0.6) is 0 Å². The van der Waals surface area contributed by atoms with E-state index in [4.69, 9.17) is 0 Å². The average molecular weight is 327 g/mol. The highest BCUT2D eigenvalue weighted by molar-refractivity contribution is 5.96. The maximum absolute atomic E-state index is 13.0. The lowest BCUT2D eigenvalue weighted by Gasteiger charge is -2.17. The molecule has 3 rings (SSSR count). The Bertz CT molecular complexity index is 719. The second-order valence-electron chi connectivity index (χ2n) is 5.75. The Morgan fingerprint density at radius 3 is 2.54 bits per heavy atom. The van der Waals surface area contributed by atoms with E-state index < -0.39 is 0 Å². The first-order valence-electron chi connectivity index (χ1n) is 7.77. The first-order chi connectivity index (χ1) is 11.6. The molecule has 2 N–H and O–H groups in total. The average Bonchev–Trinajstić information content (AvgIpc) is 2.95. The predicted molar refractivity (Wildman–Crippen MR) is 90.3 cm³/mol. The van der Waals surface area contributed by atoms with E-state index in [9.17, 15) is 14.0 Å². The van der Waals surface area contributed by atoms with Crippen molar-refractivity contribution in [3.8, 4) is 0 Å². The SMILES string of the molecule is O=C(NC[C@H]1CC(=O)N(c2ccc(F)cc2)C1)Nc1ccccc1. The number of carbonyl (C=O) groups excluding carboxylic acids is 2. The van der Waals surface area contributed by atoms with Crippen molar-refractivity contribution >= 4 is 23.3 Å². The minimum atomic E-state index is -0.332. The van der Waals surface area contributed by atoms with Gasteiger partial charge < -0.3 is 15.5 Å². The summed E-state index contributed by atoms with van der Waals surface area (Å²) in [5.41, 5.74) is 1.39. The summed E-state index contributed by atoms with van der Waals surface area (Å²) in [4.78, 5) is 25.6. The summed E-state index contributed by atoms with van der Waals surface area (Å²) >= 11 is 0. The van der Waals surface area contributed by atoms with Crippen LogP contribution in [0.15, 0.2) is 54.6 Å². The normalized spacial score (nSPS) is 17.0. The molecule has 2 aromatic carbocycles. The fraction of sp³-hybridized carbons (Fsp3) is 0.222. The Morgan fingerprint density at radius 2 is 1.83 bits per heavy atom. The molecule has 124 valence electrons. The van der Waals surface area contributed by atoms with E-state index in [1.807, 2.05) is 18.2 Å². The highest BCUT2D eigenvalue weighted by Crippen LogP contribution is 2.24.